The first-order chi connectivity index (χ1) is 11.8. The molecule has 130 valence electrons. The molecule has 1 atom stereocenters. The van der Waals surface area contributed by atoms with Crippen molar-refractivity contribution >= 4 is 11.6 Å². The monoisotopic (exact) mass is 346 g/mol. The largest absolute Gasteiger partial charge is 0.431 e. The molecule has 1 unspecified atom stereocenters. The molecule has 2 aromatic rings. The lowest BCUT2D eigenvalue weighted by Gasteiger charge is -2.48. The number of anilines is 1. The van der Waals surface area contributed by atoms with Crippen molar-refractivity contribution in [3.05, 3.63) is 65.2 Å². The van der Waals surface area contributed by atoms with Crippen molar-refractivity contribution in [2.45, 2.75) is 25.2 Å². The second kappa shape index (κ2) is 5.25. The third-order valence-corrected chi connectivity index (χ3v) is 5.14. The molecule has 0 saturated carbocycles. The molecule has 1 amide bonds. The third kappa shape index (κ3) is 2.16. The molecule has 2 aliphatic heterocycles. The molecule has 25 heavy (non-hydrogen) atoms. The summed E-state index contributed by atoms with van der Waals surface area (Å²) in [6.07, 6.45) is -4.83. The molecule has 0 aromatic heterocycles. The third-order valence-electron chi connectivity index (χ3n) is 5.14. The first kappa shape index (κ1) is 16.0. The fourth-order valence-electron chi connectivity index (χ4n) is 3.99. The lowest BCUT2D eigenvalue weighted by atomic mass is 9.87. The Morgan fingerprint density at radius 1 is 1.00 bits per heavy atom. The number of aryl methyl sites for hydroxylation is 1. The minimum atomic E-state index is -4.57. The van der Waals surface area contributed by atoms with Crippen LogP contribution in [-0.2, 0) is 6.42 Å². The minimum Gasteiger partial charge on any atom is -0.339 e. The highest BCUT2D eigenvalue weighted by Crippen LogP contribution is 2.49. The molecule has 0 radical (unpaired) electrons. The zero-order chi connectivity index (χ0) is 17.8. The standard InChI is InChI=1S/C19H17F3N2O/c1-13-7-8-14-12-18(19(20,21)22)23(15-5-3-2-4-6-15)9-10-24(18)17(25)16(14)11-13/h2-8,11H,9-10,12H2,1H3. The highest BCUT2D eigenvalue weighted by atomic mass is 19.4. The van der Waals surface area contributed by atoms with E-state index in [1.807, 2.05) is 6.92 Å². The molecule has 2 aliphatic rings. The van der Waals surface area contributed by atoms with E-state index in [2.05, 4.69) is 0 Å². The average Bonchev–Trinajstić information content (AvgIpc) is 2.97. The Morgan fingerprint density at radius 3 is 2.36 bits per heavy atom. The lowest BCUT2D eigenvalue weighted by molar-refractivity contribution is -0.215. The molecule has 2 heterocycles. The van der Waals surface area contributed by atoms with Crippen molar-refractivity contribution in [3.8, 4) is 0 Å². The van der Waals surface area contributed by atoms with Crippen LogP contribution in [0, 0.1) is 6.92 Å². The van der Waals surface area contributed by atoms with Crippen LogP contribution in [0.15, 0.2) is 48.5 Å². The van der Waals surface area contributed by atoms with E-state index in [4.69, 9.17) is 0 Å². The number of nitrogens with zero attached hydrogens (tertiary/aromatic N) is 2. The van der Waals surface area contributed by atoms with Crippen molar-refractivity contribution in [1.29, 1.82) is 0 Å². The van der Waals surface area contributed by atoms with Gasteiger partial charge in [-0.25, -0.2) is 0 Å². The number of carbonyl (C=O) groups is 1. The van der Waals surface area contributed by atoms with Gasteiger partial charge in [-0.2, -0.15) is 13.2 Å². The van der Waals surface area contributed by atoms with E-state index >= 15 is 0 Å². The van der Waals surface area contributed by atoms with E-state index in [-0.39, 0.29) is 19.5 Å². The Kier molecular flexibility index (Phi) is 3.36. The van der Waals surface area contributed by atoms with E-state index in [0.29, 0.717) is 16.8 Å². The van der Waals surface area contributed by atoms with Gasteiger partial charge in [0.15, 0.2) is 0 Å². The maximum atomic E-state index is 14.3. The van der Waals surface area contributed by atoms with Crippen LogP contribution in [0.1, 0.15) is 21.5 Å². The summed E-state index contributed by atoms with van der Waals surface area (Å²) < 4.78 is 43.0. The first-order valence-corrected chi connectivity index (χ1v) is 8.15. The topological polar surface area (TPSA) is 23.6 Å². The second-order valence-electron chi connectivity index (χ2n) is 6.60. The highest BCUT2D eigenvalue weighted by molar-refractivity contribution is 5.98. The average molecular weight is 346 g/mol. The zero-order valence-electron chi connectivity index (χ0n) is 13.7. The number of halogens is 3. The van der Waals surface area contributed by atoms with Gasteiger partial charge in [-0.1, -0.05) is 35.9 Å². The van der Waals surface area contributed by atoms with Crippen LogP contribution in [0.2, 0.25) is 0 Å². The van der Waals surface area contributed by atoms with E-state index in [0.717, 1.165) is 10.5 Å². The molecule has 2 aromatic carbocycles. The number of hydrogen-bond acceptors (Lipinski definition) is 2. The maximum Gasteiger partial charge on any atom is 0.431 e. The van der Waals surface area contributed by atoms with Gasteiger partial charge >= 0.3 is 6.18 Å². The molecule has 6 heteroatoms. The van der Waals surface area contributed by atoms with E-state index < -0.39 is 17.7 Å². The first-order valence-electron chi connectivity index (χ1n) is 8.15. The van der Waals surface area contributed by atoms with Gasteiger partial charge in [0, 0.05) is 30.8 Å². The van der Waals surface area contributed by atoms with Crippen molar-refractivity contribution in [1.82, 2.24) is 4.90 Å². The molecule has 0 spiro atoms. The zero-order valence-corrected chi connectivity index (χ0v) is 13.7. The molecule has 0 bridgehead atoms. The fraction of sp³-hybridized carbons (Fsp3) is 0.316. The van der Waals surface area contributed by atoms with Crippen LogP contribution < -0.4 is 4.90 Å². The quantitative estimate of drug-likeness (QED) is 0.785. The number of para-hydroxylation sites is 1. The van der Waals surface area contributed by atoms with Crippen LogP contribution in [0.4, 0.5) is 18.9 Å². The van der Waals surface area contributed by atoms with Crippen molar-refractivity contribution in [2.75, 3.05) is 18.0 Å². The summed E-state index contributed by atoms with van der Waals surface area (Å²) in [5, 5.41) is 0. The number of hydrogen-bond donors (Lipinski definition) is 0. The Labute approximate surface area is 143 Å². The van der Waals surface area contributed by atoms with Crippen molar-refractivity contribution in [2.24, 2.45) is 0 Å². The van der Waals surface area contributed by atoms with Crippen LogP contribution in [0.3, 0.4) is 0 Å². The summed E-state index contributed by atoms with van der Waals surface area (Å²) in [5.74, 6) is -0.541. The Bertz CT molecular complexity index is 834. The normalized spacial score (nSPS) is 22.8. The molecule has 1 saturated heterocycles. The van der Waals surface area contributed by atoms with Crippen LogP contribution >= 0.6 is 0 Å². The molecule has 1 fully saturated rings. The summed E-state index contributed by atoms with van der Waals surface area (Å²) in [4.78, 5) is 15.2. The number of carbonyl (C=O) groups excluding carboxylic acids is 1. The number of fused-ring (bicyclic) bond motifs is 2. The van der Waals surface area contributed by atoms with Gasteiger partial charge < -0.3 is 9.80 Å². The molecular formula is C19H17F3N2O. The van der Waals surface area contributed by atoms with Crippen molar-refractivity contribution < 1.29 is 18.0 Å². The van der Waals surface area contributed by atoms with E-state index in [9.17, 15) is 18.0 Å². The Balaban J connectivity index is 1.91. The van der Waals surface area contributed by atoms with Gasteiger partial charge in [-0.05, 0) is 30.7 Å². The van der Waals surface area contributed by atoms with Crippen molar-refractivity contribution in [3.63, 3.8) is 0 Å². The highest BCUT2D eigenvalue weighted by Gasteiger charge is 2.68. The summed E-state index contributed by atoms with van der Waals surface area (Å²) in [7, 11) is 0. The summed E-state index contributed by atoms with van der Waals surface area (Å²) in [6, 6.07) is 13.6. The predicted octanol–water partition coefficient (Wildman–Crippen LogP) is 3.77. The number of amides is 1. The van der Waals surface area contributed by atoms with Gasteiger partial charge in [0.25, 0.3) is 5.91 Å². The van der Waals surface area contributed by atoms with Crippen LogP contribution in [0.5, 0.6) is 0 Å². The van der Waals surface area contributed by atoms with Gasteiger partial charge in [0.2, 0.25) is 5.66 Å². The second-order valence-corrected chi connectivity index (χ2v) is 6.60. The van der Waals surface area contributed by atoms with Gasteiger partial charge in [0.05, 0.1) is 0 Å². The smallest absolute Gasteiger partial charge is 0.339 e. The lowest BCUT2D eigenvalue weighted by Crippen LogP contribution is -2.68. The summed E-state index contributed by atoms with van der Waals surface area (Å²) in [6.45, 7) is 2.04. The Morgan fingerprint density at radius 2 is 1.68 bits per heavy atom. The number of benzene rings is 2. The van der Waals surface area contributed by atoms with Crippen LogP contribution in [-0.4, -0.2) is 35.7 Å². The number of rotatable bonds is 1. The SMILES string of the molecule is Cc1ccc2c(c1)C(=O)N1CCN(c3ccccc3)C1(C(F)(F)F)C2. The van der Waals surface area contributed by atoms with E-state index in [1.165, 1.54) is 4.90 Å². The predicted molar refractivity (Wildman–Crippen MR) is 88.5 cm³/mol. The van der Waals surface area contributed by atoms with E-state index in [1.54, 1.807) is 48.5 Å². The molecule has 4 rings (SSSR count). The molecule has 0 N–H and O–H groups in total. The molecular weight excluding hydrogens is 329 g/mol. The van der Waals surface area contributed by atoms with Gasteiger partial charge in [-0.3, -0.25) is 4.79 Å². The summed E-state index contributed by atoms with van der Waals surface area (Å²) in [5.41, 5.74) is -0.147. The Hall–Kier alpha value is -2.50. The summed E-state index contributed by atoms with van der Waals surface area (Å²) >= 11 is 0. The molecule has 0 aliphatic carbocycles. The molecule has 3 nitrogen and oxygen atoms in total. The fourth-order valence-corrected chi connectivity index (χ4v) is 3.99. The minimum absolute atomic E-state index is 0.0562. The van der Waals surface area contributed by atoms with Gasteiger partial charge in [-0.15, -0.1) is 0 Å². The maximum absolute atomic E-state index is 14.3. The number of alkyl halides is 3. The van der Waals surface area contributed by atoms with Gasteiger partial charge in [0.1, 0.15) is 0 Å². The van der Waals surface area contributed by atoms with Crippen LogP contribution in [0.25, 0.3) is 0 Å².